The number of sulfonamides is 1. The molecule has 1 aliphatic heterocycles. The van der Waals surface area contributed by atoms with E-state index in [2.05, 4.69) is 4.72 Å². The van der Waals surface area contributed by atoms with Gasteiger partial charge in [-0.2, -0.15) is 0 Å². The van der Waals surface area contributed by atoms with Gasteiger partial charge in [0.2, 0.25) is 0 Å². The molecule has 2 aromatic rings. The average Bonchev–Trinajstić information content (AvgIpc) is 2.68. The van der Waals surface area contributed by atoms with Gasteiger partial charge in [0.15, 0.2) is 0 Å². The summed E-state index contributed by atoms with van der Waals surface area (Å²) in [6.07, 6.45) is 3.04. The number of carbonyl (C=O) groups is 1. The zero-order chi connectivity index (χ0) is 22.1. The highest BCUT2D eigenvalue weighted by Gasteiger charge is 2.29. The quantitative estimate of drug-likeness (QED) is 0.566. The predicted octanol–water partition coefficient (Wildman–Crippen LogP) is 4.11. The number of carbonyl (C=O) groups excluding carboxylic acids is 1. The minimum Gasteiger partial charge on any atom is -0.333 e. The summed E-state index contributed by atoms with van der Waals surface area (Å²) in [5.74, 6) is -0.0710. The molecule has 9 heteroatoms. The molecule has 30 heavy (non-hydrogen) atoms. The highest BCUT2D eigenvalue weighted by molar-refractivity contribution is 7.92. The second-order valence-electron chi connectivity index (χ2n) is 7.73. The smallest absolute Gasteiger partial charge is 0.273 e. The summed E-state index contributed by atoms with van der Waals surface area (Å²) in [7, 11) is -4.01. The number of likely N-dealkylation sites (tertiary alicyclic amines) is 1. The van der Waals surface area contributed by atoms with Crippen LogP contribution in [0, 0.1) is 17.0 Å². The molecule has 1 aliphatic rings. The van der Waals surface area contributed by atoms with Gasteiger partial charge in [-0.3, -0.25) is 19.6 Å². The second-order valence-corrected chi connectivity index (χ2v) is 9.41. The van der Waals surface area contributed by atoms with Crippen LogP contribution in [0.25, 0.3) is 0 Å². The molecule has 2 aromatic carbocycles. The molecule has 2 unspecified atom stereocenters. The maximum Gasteiger partial charge on any atom is 0.273 e. The van der Waals surface area contributed by atoms with Crippen molar-refractivity contribution in [2.24, 2.45) is 0 Å². The fourth-order valence-corrected chi connectivity index (χ4v) is 4.90. The van der Waals surface area contributed by atoms with E-state index in [4.69, 9.17) is 0 Å². The first-order valence-corrected chi connectivity index (χ1v) is 11.3. The minimum absolute atomic E-state index is 0.0710. The molecule has 1 heterocycles. The Hall–Kier alpha value is -2.94. The van der Waals surface area contributed by atoms with Gasteiger partial charge in [-0.25, -0.2) is 8.42 Å². The van der Waals surface area contributed by atoms with Crippen molar-refractivity contribution in [3.63, 3.8) is 0 Å². The van der Waals surface area contributed by atoms with Gasteiger partial charge in [0.05, 0.1) is 9.82 Å². The molecular formula is C21H25N3O5S. The molecule has 8 nitrogen and oxygen atoms in total. The van der Waals surface area contributed by atoms with E-state index in [1.165, 1.54) is 24.3 Å². The van der Waals surface area contributed by atoms with E-state index >= 15 is 0 Å². The second kappa shape index (κ2) is 8.43. The Morgan fingerprint density at radius 3 is 2.27 bits per heavy atom. The molecule has 0 saturated carbocycles. The van der Waals surface area contributed by atoms with E-state index in [0.717, 1.165) is 25.3 Å². The first kappa shape index (κ1) is 21.8. The molecule has 0 aromatic heterocycles. The summed E-state index contributed by atoms with van der Waals surface area (Å²) in [5, 5.41) is 11.1. The van der Waals surface area contributed by atoms with Crippen molar-refractivity contribution < 1.29 is 18.1 Å². The summed E-state index contributed by atoms with van der Waals surface area (Å²) >= 11 is 0. The normalized spacial score (nSPS) is 19.4. The number of nitrogens with one attached hydrogen (secondary N) is 1. The summed E-state index contributed by atoms with van der Waals surface area (Å²) in [6, 6.07) is 10.3. The van der Waals surface area contributed by atoms with Crippen LogP contribution in [0.4, 0.5) is 11.4 Å². The van der Waals surface area contributed by atoms with Crippen molar-refractivity contribution in [2.45, 2.75) is 57.0 Å². The number of amides is 1. The standard InChI is InChI=1S/C21H25N3O5S/c1-14-7-12-19(13-20(14)24(26)27)30(28,29)22-18-10-8-17(9-11-18)21(25)23-15(2)5-4-6-16(23)3/h7-13,15-16,22H,4-6H2,1-3H3. The monoisotopic (exact) mass is 431 g/mol. The van der Waals surface area contributed by atoms with Gasteiger partial charge in [-0.1, -0.05) is 6.07 Å². The first-order valence-electron chi connectivity index (χ1n) is 9.81. The van der Waals surface area contributed by atoms with Gasteiger partial charge < -0.3 is 4.90 Å². The van der Waals surface area contributed by atoms with Crippen LogP contribution >= 0.6 is 0 Å². The fourth-order valence-electron chi connectivity index (χ4n) is 3.82. The van der Waals surface area contributed by atoms with Crippen molar-refractivity contribution >= 4 is 27.3 Å². The molecule has 0 spiro atoms. The number of hydrogen-bond acceptors (Lipinski definition) is 5. The molecule has 0 bridgehead atoms. The lowest BCUT2D eigenvalue weighted by Crippen LogP contribution is -2.47. The van der Waals surface area contributed by atoms with Crippen LogP contribution in [-0.2, 0) is 10.0 Å². The van der Waals surface area contributed by atoms with Gasteiger partial charge >= 0.3 is 0 Å². The largest absolute Gasteiger partial charge is 0.333 e. The number of aryl methyl sites for hydroxylation is 1. The summed E-state index contributed by atoms with van der Waals surface area (Å²) in [6.45, 7) is 5.62. The van der Waals surface area contributed by atoms with Crippen LogP contribution in [0.15, 0.2) is 47.4 Å². The average molecular weight is 432 g/mol. The van der Waals surface area contributed by atoms with E-state index in [1.54, 1.807) is 19.1 Å². The molecule has 1 amide bonds. The molecular weight excluding hydrogens is 406 g/mol. The number of hydrogen-bond donors (Lipinski definition) is 1. The van der Waals surface area contributed by atoms with Crippen molar-refractivity contribution in [2.75, 3.05) is 4.72 Å². The SMILES string of the molecule is Cc1ccc(S(=O)(=O)Nc2ccc(C(=O)N3C(C)CCCC3C)cc2)cc1[N+](=O)[O-]. The predicted molar refractivity (Wildman–Crippen MR) is 114 cm³/mol. The zero-order valence-electron chi connectivity index (χ0n) is 17.2. The van der Waals surface area contributed by atoms with Gasteiger partial charge in [-0.05, 0) is 70.4 Å². The summed E-state index contributed by atoms with van der Waals surface area (Å²) in [5.41, 5.74) is 0.880. The lowest BCUT2D eigenvalue weighted by atomic mass is 9.96. The Morgan fingerprint density at radius 2 is 1.70 bits per heavy atom. The summed E-state index contributed by atoms with van der Waals surface area (Å²) < 4.78 is 27.7. The van der Waals surface area contributed by atoms with Crippen molar-refractivity contribution in [3.05, 3.63) is 63.7 Å². The van der Waals surface area contributed by atoms with Gasteiger partial charge in [0.25, 0.3) is 21.6 Å². The molecule has 0 aliphatic carbocycles. The van der Waals surface area contributed by atoms with E-state index in [0.29, 0.717) is 11.1 Å². The van der Waals surface area contributed by atoms with Crippen LogP contribution in [0.5, 0.6) is 0 Å². The number of nitro benzene ring substituents is 1. The molecule has 1 fully saturated rings. The number of nitrogens with zero attached hydrogens (tertiary/aromatic N) is 2. The van der Waals surface area contributed by atoms with Gasteiger partial charge in [0, 0.05) is 35.0 Å². The van der Waals surface area contributed by atoms with Crippen LogP contribution in [0.3, 0.4) is 0 Å². The Kier molecular flexibility index (Phi) is 6.12. The third-order valence-electron chi connectivity index (χ3n) is 5.50. The van der Waals surface area contributed by atoms with Crippen molar-refractivity contribution in [1.29, 1.82) is 0 Å². The van der Waals surface area contributed by atoms with E-state index in [1.807, 2.05) is 18.7 Å². The Balaban J connectivity index is 1.79. The van der Waals surface area contributed by atoms with Crippen LogP contribution in [0.1, 0.15) is 49.0 Å². The van der Waals surface area contributed by atoms with Crippen molar-refractivity contribution in [3.8, 4) is 0 Å². The van der Waals surface area contributed by atoms with Gasteiger partial charge in [0.1, 0.15) is 0 Å². The molecule has 1 N–H and O–H groups in total. The number of benzene rings is 2. The number of rotatable bonds is 5. The molecule has 160 valence electrons. The highest BCUT2D eigenvalue weighted by Crippen LogP contribution is 2.26. The number of anilines is 1. The van der Waals surface area contributed by atoms with Crippen LogP contribution in [0.2, 0.25) is 0 Å². The Bertz CT molecular complexity index is 1060. The maximum absolute atomic E-state index is 12.9. The topological polar surface area (TPSA) is 110 Å². The van der Waals surface area contributed by atoms with Crippen LogP contribution < -0.4 is 4.72 Å². The minimum atomic E-state index is -4.01. The van der Waals surface area contributed by atoms with E-state index in [-0.39, 0.29) is 34.3 Å². The fraction of sp³-hybridized carbons (Fsp3) is 0.381. The maximum atomic E-state index is 12.9. The molecule has 0 radical (unpaired) electrons. The third-order valence-corrected chi connectivity index (χ3v) is 6.88. The first-order chi connectivity index (χ1) is 14.1. The lowest BCUT2D eigenvalue weighted by Gasteiger charge is -2.39. The highest BCUT2D eigenvalue weighted by atomic mass is 32.2. The number of piperidine rings is 1. The summed E-state index contributed by atoms with van der Waals surface area (Å²) in [4.78, 5) is 25.1. The van der Waals surface area contributed by atoms with E-state index in [9.17, 15) is 23.3 Å². The molecule has 3 rings (SSSR count). The molecule has 1 saturated heterocycles. The zero-order valence-corrected chi connectivity index (χ0v) is 18.0. The van der Waals surface area contributed by atoms with Crippen LogP contribution in [-0.4, -0.2) is 36.2 Å². The van der Waals surface area contributed by atoms with E-state index < -0.39 is 14.9 Å². The third kappa shape index (κ3) is 4.46. The van der Waals surface area contributed by atoms with Gasteiger partial charge in [-0.15, -0.1) is 0 Å². The van der Waals surface area contributed by atoms with Crippen molar-refractivity contribution in [1.82, 2.24) is 4.90 Å². The molecule has 2 atom stereocenters. The number of nitro groups is 1. The Morgan fingerprint density at radius 1 is 1.10 bits per heavy atom. The lowest BCUT2D eigenvalue weighted by molar-refractivity contribution is -0.385. The Labute approximate surface area is 176 Å².